The number of hydrogen-bond acceptors (Lipinski definition) is 3. The highest BCUT2D eigenvalue weighted by molar-refractivity contribution is 6.00. The Labute approximate surface area is 92.2 Å². The largest absolute Gasteiger partial charge is 0.496 e. The molecule has 0 atom stereocenters. The standard InChI is InChI=1S/C11H12FNO3/c1-16-10-4-2-7(12)6-8(10)9(14)3-5-11(13)15/h2,4,6H,3,5H2,1H3,(H2,13,15). The second kappa shape index (κ2) is 5.25. The minimum Gasteiger partial charge on any atom is -0.496 e. The number of carbonyl (C=O) groups excluding carboxylic acids is 2. The van der Waals surface area contributed by atoms with E-state index in [1.165, 1.54) is 19.2 Å². The Morgan fingerprint density at radius 1 is 1.38 bits per heavy atom. The Kier molecular flexibility index (Phi) is 3.99. The highest BCUT2D eigenvalue weighted by Crippen LogP contribution is 2.21. The molecule has 0 saturated heterocycles. The van der Waals surface area contributed by atoms with Gasteiger partial charge in [0, 0.05) is 12.8 Å². The van der Waals surface area contributed by atoms with Crippen LogP contribution in [0.25, 0.3) is 0 Å². The first-order valence-corrected chi connectivity index (χ1v) is 4.69. The Morgan fingerprint density at radius 2 is 2.06 bits per heavy atom. The van der Waals surface area contributed by atoms with Crippen LogP contribution in [0.3, 0.4) is 0 Å². The van der Waals surface area contributed by atoms with E-state index in [1.54, 1.807) is 0 Å². The number of ether oxygens (including phenoxy) is 1. The van der Waals surface area contributed by atoms with E-state index in [-0.39, 0.29) is 29.9 Å². The Morgan fingerprint density at radius 3 is 2.62 bits per heavy atom. The molecular formula is C11H12FNO3. The second-order valence-electron chi connectivity index (χ2n) is 3.23. The van der Waals surface area contributed by atoms with E-state index >= 15 is 0 Å². The summed E-state index contributed by atoms with van der Waals surface area (Å²) in [5.41, 5.74) is 5.05. The van der Waals surface area contributed by atoms with Crippen LogP contribution in [-0.4, -0.2) is 18.8 Å². The molecule has 0 saturated carbocycles. The highest BCUT2D eigenvalue weighted by Gasteiger charge is 2.13. The SMILES string of the molecule is COc1ccc(F)cc1C(=O)CCC(N)=O. The average Bonchev–Trinajstić information content (AvgIpc) is 2.25. The molecular weight excluding hydrogens is 213 g/mol. The second-order valence-corrected chi connectivity index (χ2v) is 3.23. The number of carbonyl (C=O) groups is 2. The topological polar surface area (TPSA) is 69.4 Å². The van der Waals surface area contributed by atoms with Gasteiger partial charge in [-0.25, -0.2) is 4.39 Å². The van der Waals surface area contributed by atoms with Crippen molar-refractivity contribution >= 4 is 11.7 Å². The van der Waals surface area contributed by atoms with Crippen LogP contribution in [0.4, 0.5) is 4.39 Å². The molecule has 0 unspecified atom stereocenters. The van der Waals surface area contributed by atoms with Crippen molar-refractivity contribution in [1.29, 1.82) is 0 Å². The lowest BCUT2D eigenvalue weighted by Crippen LogP contribution is -2.13. The van der Waals surface area contributed by atoms with Crippen molar-refractivity contribution in [3.63, 3.8) is 0 Å². The van der Waals surface area contributed by atoms with Gasteiger partial charge in [-0.3, -0.25) is 9.59 Å². The first kappa shape index (κ1) is 12.2. The summed E-state index contributed by atoms with van der Waals surface area (Å²) in [6.45, 7) is 0. The normalized spacial score (nSPS) is 9.88. The zero-order valence-electron chi connectivity index (χ0n) is 8.83. The lowest BCUT2D eigenvalue weighted by atomic mass is 10.1. The number of hydrogen-bond donors (Lipinski definition) is 1. The molecule has 86 valence electrons. The zero-order chi connectivity index (χ0) is 12.1. The van der Waals surface area contributed by atoms with Gasteiger partial charge in [-0.05, 0) is 18.2 Å². The lowest BCUT2D eigenvalue weighted by Gasteiger charge is -2.06. The molecule has 0 heterocycles. The van der Waals surface area contributed by atoms with Gasteiger partial charge in [0.05, 0.1) is 12.7 Å². The summed E-state index contributed by atoms with van der Waals surface area (Å²) < 4.78 is 17.9. The van der Waals surface area contributed by atoms with Gasteiger partial charge >= 0.3 is 0 Å². The summed E-state index contributed by atoms with van der Waals surface area (Å²) in [5, 5.41) is 0. The molecule has 1 rings (SSSR count). The minimum absolute atomic E-state index is 0.0465. The van der Waals surface area contributed by atoms with Crippen LogP contribution in [0, 0.1) is 5.82 Å². The molecule has 2 N–H and O–H groups in total. The first-order chi connectivity index (χ1) is 7.54. The molecule has 1 amide bonds. The molecule has 0 aliphatic rings. The fourth-order valence-electron chi connectivity index (χ4n) is 1.27. The number of primary amides is 1. The monoisotopic (exact) mass is 225 g/mol. The van der Waals surface area contributed by atoms with E-state index in [0.717, 1.165) is 6.07 Å². The fraction of sp³-hybridized carbons (Fsp3) is 0.273. The quantitative estimate of drug-likeness (QED) is 0.767. The summed E-state index contributed by atoms with van der Waals surface area (Å²) in [4.78, 5) is 22.1. The number of Topliss-reactive ketones (excluding diaryl/α,β-unsaturated/α-hetero) is 1. The Hall–Kier alpha value is -1.91. The van der Waals surface area contributed by atoms with Crippen molar-refractivity contribution in [3.8, 4) is 5.75 Å². The van der Waals surface area contributed by atoms with Crippen LogP contribution in [0.1, 0.15) is 23.2 Å². The number of ketones is 1. The number of benzene rings is 1. The van der Waals surface area contributed by atoms with E-state index in [9.17, 15) is 14.0 Å². The van der Waals surface area contributed by atoms with Crippen LogP contribution in [0.5, 0.6) is 5.75 Å². The van der Waals surface area contributed by atoms with E-state index < -0.39 is 11.7 Å². The van der Waals surface area contributed by atoms with Gasteiger partial charge in [-0.2, -0.15) is 0 Å². The summed E-state index contributed by atoms with van der Waals surface area (Å²) in [7, 11) is 1.39. The predicted octanol–water partition coefficient (Wildman–Crippen LogP) is 1.28. The van der Waals surface area contributed by atoms with Gasteiger partial charge < -0.3 is 10.5 Å². The Bertz CT molecular complexity index is 418. The van der Waals surface area contributed by atoms with Gasteiger partial charge in [-0.1, -0.05) is 0 Å². The van der Waals surface area contributed by atoms with Crippen LogP contribution >= 0.6 is 0 Å². The van der Waals surface area contributed by atoms with Crippen LogP contribution in [-0.2, 0) is 4.79 Å². The van der Waals surface area contributed by atoms with Crippen molar-refractivity contribution in [2.45, 2.75) is 12.8 Å². The van der Waals surface area contributed by atoms with Crippen LogP contribution < -0.4 is 10.5 Å². The molecule has 0 radical (unpaired) electrons. The molecule has 5 heteroatoms. The van der Waals surface area contributed by atoms with Gasteiger partial charge in [0.2, 0.25) is 5.91 Å². The Balaban J connectivity index is 2.88. The van der Waals surface area contributed by atoms with E-state index in [1.807, 2.05) is 0 Å². The number of amides is 1. The fourth-order valence-corrected chi connectivity index (χ4v) is 1.27. The molecule has 0 aliphatic heterocycles. The number of methoxy groups -OCH3 is 1. The molecule has 0 aliphatic carbocycles. The number of halogens is 1. The van der Waals surface area contributed by atoms with Gasteiger partial charge in [0.25, 0.3) is 0 Å². The van der Waals surface area contributed by atoms with Gasteiger partial charge in [-0.15, -0.1) is 0 Å². The molecule has 4 nitrogen and oxygen atoms in total. The molecule has 16 heavy (non-hydrogen) atoms. The van der Waals surface area contributed by atoms with Crippen molar-refractivity contribution in [2.75, 3.05) is 7.11 Å². The highest BCUT2D eigenvalue weighted by atomic mass is 19.1. The maximum atomic E-state index is 12.9. The first-order valence-electron chi connectivity index (χ1n) is 4.69. The minimum atomic E-state index is -0.566. The molecule has 0 spiro atoms. The van der Waals surface area contributed by atoms with E-state index in [2.05, 4.69) is 0 Å². The lowest BCUT2D eigenvalue weighted by molar-refractivity contribution is -0.118. The summed E-state index contributed by atoms with van der Waals surface area (Å²) >= 11 is 0. The molecule has 0 aromatic heterocycles. The molecule has 0 fully saturated rings. The third-order valence-corrected chi connectivity index (χ3v) is 2.06. The predicted molar refractivity (Wildman–Crippen MR) is 55.7 cm³/mol. The van der Waals surface area contributed by atoms with Gasteiger partial charge in [0.1, 0.15) is 11.6 Å². The number of rotatable bonds is 5. The molecule has 1 aromatic carbocycles. The smallest absolute Gasteiger partial charge is 0.217 e. The van der Waals surface area contributed by atoms with Crippen molar-refractivity contribution in [1.82, 2.24) is 0 Å². The van der Waals surface area contributed by atoms with Crippen molar-refractivity contribution in [3.05, 3.63) is 29.6 Å². The van der Waals surface area contributed by atoms with Crippen molar-refractivity contribution < 1.29 is 18.7 Å². The number of nitrogens with two attached hydrogens (primary N) is 1. The van der Waals surface area contributed by atoms with Crippen LogP contribution in [0.2, 0.25) is 0 Å². The molecule has 0 bridgehead atoms. The maximum absolute atomic E-state index is 12.9. The summed E-state index contributed by atoms with van der Waals surface area (Å²) in [6.07, 6.45) is -0.104. The third kappa shape index (κ3) is 3.05. The van der Waals surface area contributed by atoms with E-state index in [4.69, 9.17) is 10.5 Å². The zero-order valence-corrected chi connectivity index (χ0v) is 8.83. The van der Waals surface area contributed by atoms with Gasteiger partial charge in [0.15, 0.2) is 5.78 Å². The van der Waals surface area contributed by atoms with Crippen LogP contribution in [0.15, 0.2) is 18.2 Å². The molecule has 1 aromatic rings. The summed E-state index contributed by atoms with van der Waals surface area (Å²) in [5.74, 6) is -1.17. The maximum Gasteiger partial charge on any atom is 0.217 e. The van der Waals surface area contributed by atoms with E-state index in [0.29, 0.717) is 0 Å². The average molecular weight is 225 g/mol. The third-order valence-electron chi connectivity index (χ3n) is 2.06. The van der Waals surface area contributed by atoms with Crippen molar-refractivity contribution in [2.24, 2.45) is 5.73 Å². The summed E-state index contributed by atoms with van der Waals surface area (Å²) in [6, 6.07) is 3.65.